The molecule has 0 heterocycles. The van der Waals surface area contributed by atoms with Gasteiger partial charge in [-0.1, -0.05) is 26.7 Å². The first-order valence-electron chi connectivity index (χ1n) is 5.29. The summed E-state index contributed by atoms with van der Waals surface area (Å²) in [5.41, 5.74) is 0.0364. The number of hydrogen-bond donors (Lipinski definition) is 0. The quantitative estimate of drug-likeness (QED) is 0.531. The minimum atomic E-state index is -1.19. The van der Waals surface area contributed by atoms with Crippen molar-refractivity contribution in [1.29, 1.82) is 0 Å². The number of rotatable bonds is 4. The fraction of sp³-hybridized carbons (Fsp3) is 0.500. The fourth-order valence-electron chi connectivity index (χ4n) is 1.71. The number of hydrogen-bond acceptors (Lipinski definition) is 0. The SMILES string of the molecule is CCC(CC)C(Cl)c1cc(F)c(F)cc1F. The summed E-state index contributed by atoms with van der Waals surface area (Å²) in [4.78, 5) is 0. The van der Waals surface area contributed by atoms with Crippen LogP contribution in [-0.2, 0) is 0 Å². The predicted molar refractivity (Wildman–Crippen MR) is 59.0 cm³/mol. The van der Waals surface area contributed by atoms with E-state index in [0.29, 0.717) is 6.07 Å². The summed E-state index contributed by atoms with van der Waals surface area (Å²) >= 11 is 6.07. The summed E-state index contributed by atoms with van der Waals surface area (Å²) in [5.74, 6) is -2.98. The average molecular weight is 251 g/mol. The highest BCUT2D eigenvalue weighted by Crippen LogP contribution is 2.35. The van der Waals surface area contributed by atoms with Crippen LogP contribution in [0.2, 0.25) is 0 Å². The van der Waals surface area contributed by atoms with Crippen LogP contribution < -0.4 is 0 Å². The molecule has 0 aliphatic heterocycles. The van der Waals surface area contributed by atoms with E-state index in [9.17, 15) is 13.2 Å². The van der Waals surface area contributed by atoms with Gasteiger partial charge in [-0.05, 0) is 12.0 Å². The van der Waals surface area contributed by atoms with Crippen molar-refractivity contribution in [2.24, 2.45) is 5.92 Å². The minimum Gasteiger partial charge on any atom is -0.207 e. The second-order valence-electron chi connectivity index (χ2n) is 3.77. The molecule has 0 N–H and O–H groups in total. The summed E-state index contributed by atoms with van der Waals surface area (Å²) in [7, 11) is 0. The molecule has 16 heavy (non-hydrogen) atoms. The van der Waals surface area contributed by atoms with Crippen LogP contribution in [0.4, 0.5) is 13.2 Å². The third-order valence-electron chi connectivity index (χ3n) is 2.80. The van der Waals surface area contributed by atoms with Gasteiger partial charge in [0.05, 0.1) is 5.38 Å². The maximum Gasteiger partial charge on any atom is 0.161 e. The maximum atomic E-state index is 13.4. The van der Waals surface area contributed by atoms with Crippen molar-refractivity contribution >= 4 is 11.6 Å². The molecule has 0 spiro atoms. The van der Waals surface area contributed by atoms with Crippen molar-refractivity contribution in [1.82, 2.24) is 0 Å². The summed E-state index contributed by atoms with van der Waals surface area (Å²) in [6, 6.07) is 1.39. The van der Waals surface area contributed by atoms with Gasteiger partial charge in [0.2, 0.25) is 0 Å². The molecule has 4 heteroatoms. The van der Waals surface area contributed by atoms with E-state index in [0.717, 1.165) is 18.9 Å². The Morgan fingerprint density at radius 2 is 1.50 bits per heavy atom. The molecule has 1 rings (SSSR count). The molecule has 0 radical (unpaired) electrons. The zero-order valence-corrected chi connectivity index (χ0v) is 9.99. The molecule has 90 valence electrons. The molecule has 0 nitrogen and oxygen atoms in total. The van der Waals surface area contributed by atoms with Crippen LogP contribution in [0, 0.1) is 23.4 Å². The lowest BCUT2D eigenvalue weighted by molar-refractivity contribution is 0.448. The van der Waals surface area contributed by atoms with E-state index in [1.807, 2.05) is 13.8 Å². The highest BCUT2D eigenvalue weighted by molar-refractivity contribution is 6.21. The zero-order chi connectivity index (χ0) is 12.3. The van der Waals surface area contributed by atoms with E-state index in [4.69, 9.17) is 11.6 Å². The highest BCUT2D eigenvalue weighted by atomic mass is 35.5. The maximum absolute atomic E-state index is 13.4. The zero-order valence-electron chi connectivity index (χ0n) is 9.24. The van der Waals surface area contributed by atoms with Gasteiger partial charge in [0.1, 0.15) is 5.82 Å². The van der Waals surface area contributed by atoms with Crippen LogP contribution >= 0.6 is 11.6 Å². The molecule has 0 fully saturated rings. The van der Waals surface area contributed by atoms with Gasteiger partial charge in [-0.2, -0.15) is 0 Å². The van der Waals surface area contributed by atoms with E-state index in [1.54, 1.807) is 0 Å². The van der Waals surface area contributed by atoms with Crippen LogP contribution in [0.1, 0.15) is 37.6 Å². The molecule has 0 bridgehead atoms. The Balaban J connectivity index is 3.07. The van der Waals surface area contributed by atoms with Crippen molar-refractivity contribution in [2.45, 2.75) is 32.1 Å². The molecular formula is C12H14ClF3. The van der Waals surface area contributed by atoms with E-state index < -0.39 is 22.8 Å². The van der Waals surface area contributed by atoms with Crippen molar-refractivity contribution in [3.05, 3.63) is 35.1 Å². The first-order chi connectivity index (χ1) is 7.51. The Morgan fingerprint density at radius 3 is 2.00 bits per heavy atom. The third kappa shape index (κ3) is 2.70. The topological polar surface area (TPSA) is 0 Å². The Labute approximate surface area is 98.4 Å². The molecule has 0 aliphatic rings. The summed E-state index contributed by atoms with van der Waals surface area (Å²) in [6.07, 6.45) is 1.53. The van der Waals surface area contributed by atoms with Gasteiger partial charge in [-0.15, -0.1) is 11.6 Å². The molecule has 1 aromatic rings. The summed E-state index contributed by atoms with van der Waals surface area (Å²) < 4.78 is 39.1. The third-order valence-corrected chi connectivity index (χ3v) is 3.39. The van der Waals surface area contributed by atoms with Gasteiger partial charge in [-0.3, -0.25) is 0 Å². The van der Waals surface area contributed by atoms with Gasteiger partial charge in [-0.25, -0.2) is 13.2 Å². The van der Waals surface area contributed by atoms with Crippen LogP contribution in [0.3, 0.4) is 0 Å². The first kappa shape index (κ1) is 13.4. The second kappa shape index (κ2) is 5.58. The van der Waals surface area contributed by atoms with Gasteiger partial charge < -0.3 is 0 Å². The minimum absolute atomic E-state index is 0.0364. The normalized spacial score (nSPS) is 13.2. The second-order valence-corrected chi connectivity index (χ2v) is 4.24. The standard InChI is InChI=1S/C12H14ClF3/c1-3-7(4-2)12(13)8-5-10(15)11(16)6-9(8)14/h5-7,12H,3-4H2,1-2H3. The molecule has 1 atom stereocenters. The van der Waals surface area contributed by atoms with Crippen molar-refractivity contribution < 1.29 is 13.2 Å². The molecule has 1 unspecified atom stereocenters. The van der Waals surface area contributed by atoms with Gasteiger partial charge in [0, 0.05) is 11.6 Å². The monoisotopic (exact) mass is 250 g/mol. The molecule has 0 saturated heterocycles. The lowest BCUT2D eigenvalue weighted by Gasteiger charge is -2.20. The van der Waals surface area contributed by atoms with E-state index in [1.165, 1.54) is 0 Å². The van der Waals surface area contributed by atoms with Crippen LogP contribution in [-0.4, -0.2) is 0 Å². The van der Waals surface area contributed by atoms with Crippen molar-refractivity contribution in [2.75, 3.05) is 0 Å². The predicted octanol–water partition coefficient (Wildman–Crippen LogP) is 4.82. The van der Waals surface area contributed by atoms with Crippen LogP contribution in [0.5, 0.6) is 0 Å². The first-order valence-corrected chi connectivity index (χ1v) is 5.73. The largest absolute Gasteiger partial charge is 0.207 e. The van der Waals surface area contributed by atoms with Crippen molar-refractivity contribution in [3.8, 4) is 0 Å². The summed E-state index contributed by atoms with van der Waals surface area (Å²) in [5, 5.41) is -0.620. The van der Waals surface area contributed by atoms with E-state index in [2.05, 4.69) is 0 Å². The number of benzene rings is 1. The lowest BCUT2D eigenvalue weighted by atomic mass is 9.93. The molecule has 1 aromatic carbocycles. The van der Waals surface area contributed by atoms with Gasteiger partial charge in [0.15, 0.2) is 11.6 Å². The van der Waals surface area contributed by atoms with Gasteiger partial charge >= 0.3 is 0 Å². The van der Waals surface area contributed by atoms with E-state index >= 15 is 0 Å². The number of alkyl halides is 1. The Kier molecular flexibility index (Phi) is 4.66. The Morgan fingerprint density at radius 1 is 1.00 bits per heavy atom. The molecule has 0 aromatic heterocycles. The lowest BCUT2D eigenvalue weighted by Crippen LogP contribution is -2.08. The van der Waals surface area contributed by atoms with Crippen LogP contribution in [0.25, 0.3) is 0 Å². The molecule has 0 amide bonds. The van der Waals surface area contributed by atoms with Crippen molar-refractivity contribution in [3.63, 3.8) is 0 Å². The Bertz CT molecular complexity index is 362. The smallest absolute Gasteiger partial charge is 0.161 e. The summed E-state index contributed by atoms with van der Waals surface area (Å²) in [6.45, 7) is 3.86. The molecule has 0 aliphatic carbocycles. The molecule has 0 saturated carbocycles. The Hall–Kier alpha value is -0.700. The fourth-order valence-corrected chi connectivity index (χ4v) is 2.23. The van der Waals surface area contributed by atoms with E-state index in [-0.39, 0.29) is 11.5 Å². The molecular weight excluding hydrogens is 237 g/mol. The van der Waals surface area contributed by atoms with Crippen LogP contribution in [0.15, 0.2) is 12.1 Å². The van der Waals surface area contributed by atoms with Gasteiger partial charge in [0.25, 0.3) is 0 Å². The number of halogens is 4. The average Bonchev–Trinajstić information content (AvgIpc) is 2.25. The highest BCUT2D eigenvalue weighted by Gasteiger charge is 2.22.